The Labute approximate surface area is 118 Å². The molecule has 7 nitrogen and oxygen atoms in total. The van der Waals surface area contributed by atoms with Gasteiger partial charge in [-0.15, -0.1) is 0 Å². The first-order chi connectivity index (χ1) is 9.72. The molecule has 0 saturated carbocycles. The van der Waals surface area contributed by atoms with Crippen molar-refractivity contribution in [3.05, 3.63) is 30.2 Å². The van der Waals surface area contributed by atoms with E-state index in [1.807, 2.05) is 24.8 Å². The maximum atomic E-state index is 4.63. The lowest BCUT2D eigenvalue weighted by Gasteiger charge is -2.17. The number of nitrogens with zero attached hydrogens (tertiary/aromatic N) is 3. The molecule has 0 aromatic carbocycles. The van der Waals surface area contributed by atoms with Crippen molar-refractivity contribution in [2.75, 3.05) is 26.1 Å². The monoisotopic (exact) mass is 275 g/mol. The fourth-order valence-corrected chi connectivity index (χ4v) is 2.21. The number of hydrogen-bond donors (Lipinski definition) is 4. The molecule has 4 N–H and O–H groups in total. The highest BCUT2D eigenvalue weighted by molar-refractivity contribution is 5.58. The first kappa shape index (κ1) is 14.3. The maximum Gasteiger partial charge on any atom is 0.177 e. The minimum Gasteiger partial charge on any atom is -0.327 e. The number of aromatic amines is 1. The zero-order valence-corrected chi connectivity index (χ0v) is 12.1. The molecule has 0 saturated heterocycles. The number of hydrazine groups is 1. The SMILES string of the molecule is C=Cc1nc(-c2ccn[nH]2)n(NC)c1C(C)CNNC. The highest BCUT2D eigenvalue weighted by Crippen LogP contribution is 2.25. The Morgan fingerprint density at radius 3 is 2.85 bits per heavy atom. The Balaban J connectivity index is 2.46. The van der Waals surface area contributed by atoms with Crippen LogP contribution in [0.3, 0.4) is 0 Å². The van der Waals surface area contributed by atoms with Crippen molar-refractivity contribution in [2.45, 2.75) is 12.8 Å². The minimum absolute atomic E-state index is 0.257. The molecular weight excluding hydrogens is 254 g/mol. The number of aromatic nitrogens is 4. The number of nitrogens with one attached hydrogen (secondary N) is 4. The van der Waals surface area contributed by atoms with Gasteiger partial charge in [0.05, 0.1) is 11.4 Å². The van der Waals surface area contributed by atoms with Crippen LogP contribution in [0.4, 0.5) is 0 Å². The topological polar surface area (TPSA) is 82.6 Å². The first-order valence-corrected chi connectivity index (χ1v) is 6.55. The lowest BCUT2D eigenvalue weighted by Crippen LogP contribution is -2.32. The average molecular weight is 275 g/mol. The number of imidazole rings is 1. The van der Waals surface area contributed by atoms with Crippen molar-refractivity contribution >= 4 is 6.08 Å². The summed E-state index contributed by atoms with van der Waals surface area (Å²) in [7, 11) is 3.72. The lowest BCUT2D eigenvalue weighted by atomic mass is 10.1. The zero-order valence-electron chi connectivity index (χ0n) is 12.1. The van der Waals surface area contributed by atoms with Crippen molar-refractivity contribution in [1.82, 2.24) is 30.7 Å². The van der Waals surface area contributed by atoms with E-state index in [9.17, 15) is 0 Å². The summed E-state index contributed by atoms with van der Waals surface area (Å²) in [4.78, 5) is 4.63. The van der Waals surface area contributed by atoms with Crippen LogP contribution < -0.4 is 16.3 Å². The van der Waals surface area contributed by atoms with Crippen molar-refractivity contribution in [3.8, 4) is 11.5 Å². The molecule has 0 radical (unpaired) electrons. The number of rotatable bonds is 7. The van der Waals surface area contributed by atoms with Crippen molar-refractivity contribution in [3.63, 3.8) is 0 Å². The van der Waals surface area contributed by atoms with E-state index in [4.69, 9.17) is 0 Å². The van der Waals surface area contributed by atoms with Gasteiger partial charge in [0.25, 0.3) is 0 Å². The largest absolute Gasteiger partial charge is 0.327 e. The molecule has 0 aliphatic heterocycles. The number of H-pyrrole nitrogens is 1. The molecule has 2 aromatic heterocycles. The maximum absolute atomic E-state index is 4.63. The fourth-order valence-electron chi connectivity index (χ4n) is 2.21. The summed E-state index contributed by atoms with van der Waals surface area (Å²) >= 11 is 0. The fraction of sp³-hybridized carbons (Fsp3) is 0.385. The Morgan fingerprint density at radius 2 is 2.30 bits per heavy atom. The molecule has 0 spiro atoms. The van der Waals surface area contributed by atoms with Crippen LogP contribution in [0.15, 0.2) is 18.8 Å². The molecule has 20 heavy (non-hydrogen) atoms. The van der Waals surface area contributed by atoms with Crippen molar-refractivity contribution in [2.24, 2.45) is 0 Å². The van der Waals surface area contributed by atoms with Crippen LogP contribution in [-0.2, 0) is 0 Å². The lowest BCUT2D eigenvalue weighted by molar-refractivity contribution is 0.537. The first-order valence-electron chi connectivity index (χ1n) is 6.55. The van der Waals surface area contributed by atoms with E-state index in [1.54, 1.807) is 12.3 Å². The Morgan fingerprint density at radius 1 is 1.50 bits per heavy atom. The highest BCUT2D eigenvalue weighted by atomic mass is 15.4. The van der Waals surface area contributed by atoms with Gasteiger partial charge in [-0.2, -0.15) is 5.10 Å². The van der Waals surface area contributed by atoms with E-state index >= 15 is 0 Å². The van der Waals surface area contributed by atoms with Crippen LogP contribution in [0.1, 0.15) is 24.2 Å². The van der Waals surface area contributed by atoms with Crippen LogP contribution >= 0.6 is 0 Å². The van der Waals surface area contributed by atoms with Gasteiger partial charge in [0, 0.05) is 25.7 Å². The molecular formula is C13H21N7. The Hall–Kier alpha value is -2.12. The quantitative estimate of drug-likeness (QED) is 0.565. The predicted molar refractivity (Wildman–Crippen MR) is 80.7 cm³/mol. The number of hydrogen-bond acceptors (Lipinski definition) is 5. The summed E-state index contributed by atoms with van der Waals surface area (Å²) in [6.45, 7) is 6.78. The molecule has 2 heterocycles. The molecule has 0 fully saturated rings. The molecule has 0 aliphatic carbocycles. The van der Waals surface area contributed by atoms with E-state index in [-0.39, 0.29) is 5.92 Å². The van der Waals surface area contributed by atoms with Gasteiger partial charge in [-0.25, -0.2) is 9.66 Å². The van der Waals surface area contributed by atoms with Gasteiger partial charge in [-0.05, 0) is 19.2 Å². The van der Waals surface area contributed by atoms with Gasteiger partial charge < -0.3 is 5.43 Å². The van der Waals surface area contributed by atoms with Crippen LogP contribution in [-0.4, -0.2) is 40.5 Å². The molecule has 108 valence electrons. The molecule has 7 heteroatoms. The van der Waals surface area contributed by atoms with Crippen LogP contribution in [0, 0.1) is 0 Å². The normalized spacial score (nSPS) is 12.3. The third kappa shape index (κ3) is 2.59. The van der Waals surface area contributed by atoms with Gasteiger partial charge in [0.15, 0.2) is 5.82 Å². The van der Waals surface area contributed by atoms with Crippen molar-refractivity contribution < 1.29 is 0 Å². The van der Waals surface area contributed by atoms with Gasteiger partial charge in [-0.1, -0.05) is 13.5 Å². The van der Waals surface area contributed by atoms with Crippen LogP contribution in [0.5, 0.6) is 0 Å². The summed E-state index contributed by atoms with van der Waals surface area (Å²) in [6, 6.07) is 1.89. The smallest absolute Gasteiger partial charge is 0.177 e. The molecule has 0 bridgehead atoms. The second-order valence-electron chi connectivity index (χ2n) is 4.47. The molecule has 2 aromatic rings. The van der Waals surface area contributed by atoms with Crippen molar-refractivity contribution in [1.29, 1.82) is 0 Å². The standard InChI is InChI=1S/C13H21N7/c1-5-10-12(9(2)8-17-14-3)20(15-4)13(18-10)11-6-7-16-19-11/h5-7,9,14-15,17H,1,8H2,2-4H3,(H,16,19). The minimum atomic E-state index is 0.257. The van der Waals surface area contributed by atoms with Gasteiger partial charge in [0.2, 0.25) is 0 Å². The van der Waals surface area contributed by atoms with E-state index in [1.165, 1.54) is 0 Å². The third-order valence-corrected chi connectivity index (χ3v) is 3.15. The third-order valence-electron chi connectivity index (χ3n) is 3.15. The Kier molecular flexibility index (Phi) is 4.54. The van der Waals surface area contributed by atoms with Gasteiger partial charge in [0.1, 0.15) is 5.69 Å². The summed E-state index contributed by atoms with van der Waals surface area (Å²) in [5.74, 6) is 1.05. The summed E-state index contributed by atoms with van der Waals surface area (Å²) < 4.78 is 1.96. The second kappa shape index (κ2) is 6.36. The van der Waals surface area contributed by atoms with Crippen LogP contribution in [0.25, 0.3) is 17.6 Å². The average Bonchev–Trinajstić information content (AvgIpc) is 3.10. The van der Waals surface area contributed by atoms with Gasteiger partial charge in [-0.3, -0.25) is 16.0 Å². The second-order valence-corrected chi connectivity index (χ2v) is 4.47. The Bertz CT molecular complexity index is 556. The predicted octanol–water partition coefficient (Wildman–Crippen LogP) is 0.917. The van der Waals surface area contributed by atoms with E-state index in [2.05, 4.69) is 45.0 Å². The van der Waals surface area contributed by atoms with Crippen LogP contribution in [0.2, 0.25) is 0 Å². The molecule has 2 rings (SSSR count). The zero-order chi connectivity index (χ0) is 14.5. The molecule has 0 amide bonds. The van der Waals surface area contributed by atoms with E-state index in [0.717, 1.165) is 29.5 Å². The van der Waals surface area contributed by atoms with E-state index in [0.29, 0.717) is 0 Å². The highest BCUT2D eigenvalue weighted by Gasteiger charge is 2.21. The summed E-state index contributed by atoms with van der Waals surface area (Å²) in [5, 5.41) is 6.92. The molecule has 0 aliphatic rings. The summed E-state index contributed by atoms with van der Waals surface area (Å²) in [5.41, 5.74) is 12.0. The summed E-state index contributed by atoms with van der Waals surface area (Å²) in [6.07, 6.45) is 3.49. The molecule has 1 atom stereocenters. The van der Waals surface area contributed by atoms with Gasteiger partial charge >= 0.3 is 0 Å². The molecule has 1 unspecified atom stereocenters. The van der Waals surface area contributed by atoms with E-state index < -0.39 is 0 Å².